The lowest BCUT2D eigenvalue weighted by atomic mass is 10.2. The number of benzene rings is 2. The highest BCUT2D eigenvalue weighted by Crippen LogP contribution is 2.25. The van der Waals surface area contributed by atoms with Crippen molar-refractivity contribution in [2.45, 2.75) is 20.0 Å². The lowest BCUT2D eigenvalue weighted by molar-refractivity contribution is -0.123. The van der Waals surface area contributed by atoms with Crippen LogP contribution in [-0.4, -0.2) is 29.6 Å². The van der Waals surface area contributed by atoms with E-state index in [2.05, 4.69) is 10.3 Å². The molecule has 1 unspecified atom stereocenters. The maximum absolute atomic E-state index is 12.3. The third-order valence-corrected chi connectivity index (χ3v) is 5.03. The number of nitrogens with zero attached hydrogens (tertiary/aromatic N) is 1. The number of hydrogen-bond acceptors (Lipinski definition) is 6. The minimum atomic E-state index is -0.977. The maximum Gasteiger partial charge on any atom is 0.358 e. The molecule has 0 aliphatic heterocycles. The summed E-state index contributed by atoms with van der Waals surface area (Å²) in [6.07, 6.45) is -0.977. The molecule has 0 fully saturated rings. The third-order valence-electron chi connectivity index (χ3n) is 3.89. The van der Waals surface area contributed by atoms with E-state index >= 15 is 0 Å². The highest BCUT2D eigenvalue weighted by atomic mass is 35.5. The van der Waals surface area contributed by atoms with Crippen LogP contribution in [-0.2, 0) is 9.53 Å². The molecule has 0 saturated carbocycles. The van der Waals surface area contributed by atoms with Crippen LogP contribution in [0, 0.1) is 0 Å². The predicted molar refractivity (Wildman–Crippen MR) is 114 cm³/mol. The molecule has 1 amide bonds. The molecule has 1 heterocycles. The minimum absolute atomic E-state index is 0.153. The Labute approximate surface area is 177 Å². The highest BCUT2D eigenvalue weighted by molar-refractivity contribution is 7.13. The van der Waals surface area contributed by atoms with Gasteiger partial charge in [0.1, 0.15) is 10.8 Å². The fraction of sp³-hybridized carbons (Fsp3) is 0.190. The molecule has 2 aromatic carbocycles. The third kappa shape index (κ3) is 5.56. The Morgan fingerprint density at radius 2 is 1.83 bits per heavy atom. The summed E-state index contributed by atoms with van der Waals surface area (Å²) in [6.45, 7) is 3.97. The zero-order valence-electron chi connectivity index (χ0n) is 15.8. The first-order valence-electron chi connectivity index (χ1n) is 8.92. The number of halogens is 1. The molecule has 3 aromatic rings. The van der Waals surface area contributed by atoms with Crippen molar-refractivity contribution < 1.29 is 19.1 Å². The first-order chi connectivity index (χ1) is 14.0. The number of nitrogens with one attached hydrogen (secondary N) is 1. The molecule has 1 N–H and O–H groups in total. The van der Waals surface area contributed by atoms with E-state index in [0.717, 1.165) is 5.56 Å². The number of anilines is 1. The monoisotopic (exact) mass is 430 g/mol. The van der Waals surface area contributed by atoms with Crippen molar-refractivity contribution in [3.63, 3.8) is 0 Å². The molecule has 1 atom stereocenters. The first-order valence-corrected chi connectivity index (χ1v) is 10.2. The van der Waals surface area contributed by atoms with Gasteiger partial charge in [-0.3, -0.25) is 4.79 Å². The summed E-state index contributed by atoms with van der Waals surface area (Å²) in [4.78, 5) is 28.9. The van der Waals surface area contributed by atoms with Crippen LogP contribution in [0.2, 0.25) is 5.02 Å². The fourth-order valence-corrected chi connectivity index (χ4v) is 3.33. The van der Waals surface area contributed by atoms with Crippen molar-refractivity contribution in [1.82, 2.24) is 4.98 Å². The Kier molecular flexibility index (Phi) is 6.85. The molecule has 0 spiro atoms. The van der Waals surface area contributed by atoms with Gasteiger partial charge < -0.3 is 14.8 Å². The Morgan fingerprint density at radius 3 is 2.48 bits per heavy atom. The molecule has 150 valence electrons. The molecule has 1 aromatic heterocycles. The van der Waals surface area contributed by atoms with E-state index in [1.165, 1.54) is 18.3 Å². The molecule has 8 heteroatoms. The number of carbonyl (C=O) groups is 2. The topological polar surface area (TPSA) is 77.5 Å². The van der Waals surface area contributed by atoms with Crippen molar-refractivity contribution >= 4 is 40.5 Å². The second kappa shape index (κ2) is 9.54. The van der Waals surface area contributed by atoms with Gasteiger partial charge >= 0.3 is 5.97 Å². The van der Waals surface area contributed by atoms with Gasteiger partial charge in [0.2, 0.25) is 0 Å². The van der Waals surface area contributed by atoms with Gasteiger partial charge in [0.05, 0.1) is 6.61 Å². The summed E-state index contributed by atoms with van der Waals surface area (Å²) in [5, 5.41) is 5.59. The zero-order valence-corrected chi connectivity index (χ0v) is 17.4. The summed E-state index contributed by atoms with van der Waals surface area (Å²) >= 11 is 7.20. The van der Waals surface area contributed by atoms with Gasteiger partial charge in [-0.15, -0.1) is 11.3 Å². The van der Waals surface area contributed by atoms with Crippen LogP contribution in [0.1, 0.15) is 24.3 Å². The molecule has 0 aliphatic carbocycles. The molecule has 0 bridgehead atoms. The van der Waals surface area contributed by atoms with Crippen LogP contribution in [0.15, 0.2) is 53.9 Å². The van der Waals surface area contributed by atoms with Crippen LogP contribution >= 0.6 is 22.9 Å². The molecule has 29 heavy (non-hydrogen) atoms. The van der Waals surface area contributed by atoms with Gasteiger partial charge in [-0.25, -0.2) is 9.78 Å². The lowest BCUT2D eigenvalue weighted by Gasteiger charge is -2.13. The van der Waals surface area contributed by atoms with E-state index in [-0.39, 0.29) is 5.69 Å². The van der Waals surface area contributed by atoms with Gasteiger partial charge in [0.15, 0.2) is 11.8 Å². The number of ether oxygens (including phenoxy) is 2. The number of esters is 1. The number of carbonyl (C=O) groups excluding carboxylic acids is 2. The second-order valence-corrected chi connectivity index (χ2v) is 7.33. The number of rotatable bonds is 7. The zero-order chi connectivity index (χ0) is 20.8. The van der Waals surface area contributed by atoms with Crippen LogP contribution in [0.5, 0.6) is 5.75 Å². The number of amides is 1. The quantitative estimate of drug-likeness (QED) is 0.531. The second-order valence-electron chi connectivity index (χ2n) is 6.04. The molecular formula is C21H19ClN2O4S. The van der Waals surface area contributed by atoms with Crippen molar-refractivity contribution in [2.75, 3.05) is 11.9 Å². The summed E-state index contributed by atoms with van der Waals surface area (Å²) in [5.41, 5.74) is 1.58. The van der Waals surface area contributed by atoms with E-state index in [0.29, 0.717) is 28.1 Å². The van der Waals surface area contributed by atoms with Gasteiger partial charge in [-0.2, -0.15) is 0 Å². The van der Waals surface area contributed by atoms with E-state index < -0.39 is 18.0 Å². The number of aromatic nitrogens is 1. The summed E-state index contributed by atoms with van der Waals surface area (Å²) in [7, 11) is 0. The van der Waals surface area contributed by atoms with Gasteiger partial charge in [-0.05, 0) is 50.2 Å². The summed E-state index contributed by atoms with van der Waals surface area (Å²) in [6, 6.07) is 14.1. The molecule has 0 aliphatic rings. The van der Waals surface area contributed by atoms with Crippen molar-refractivity contribution in [1.29, 1.82) is 0 Å². The van der Waals surface area contributed by atoms with Gasteiger partial charge in [-0.1, -0.05) is 23.7 Å². The van der Waals surface area contributed by atoms with E-state index in [1.807, 2.05) is 19.1 Å². The van der Waals surface area contributed by atoms with Crippen molar-refractivity contribution in [3.8, 4) is 16.3 Å². The average molecular weight is 431 g/mol. The molecule has 0 saturated heterocycles. The van der Waals surface area contributed by atoms with E-state index in [4.69, 9.17) is 21.1 Å². The Balaban J connectivity index is 1.58. The summed E-state index contributed by atoms with van der Waals surface area (Å²) < 4.78 is 10.6. The van der Waals surface area contributed by atoms with Crippen LogP contribution < -0.4 is 10.1 Å². The lowest BCUT2D eigenvalue weighted by Crippen LogP contribution is -2.30. The highest BCUT2D eigenvalue weighted by Gasteiger charge is 2.21. The molecule has 3 rings (SSSR count). The standard InChI is InChI=1S/C21H19ClN2O4S/c1-3-27-17-10-8-16(9-11-17)23-19(25)13(2)28-21(26)18-12-29-20(24-18)14-4-6-15(22)7-5-14/h4-13H,3H2,1-2H3,(H,23,25). The number of hydrogen-bond donors (Lipinski definition) is 1. The minimum Gasteiger partial charge on any atom is -0.494 e. The largest absolute Gasteiger partial charge is 0.494 e. The summed E-state index contributed by atoms with van der Waals surface area (Å²) in [5.74, 6) is -0.378. The van der Waals surface area contributed by atoms with Crippen molar-refractivity contribution in [2.24, 2.45) is 0 Å². The Bertz CT molecular complexity index is 987. The van der Waals surface area contributed by atoms with Crippen LogP contribution in [0.4, 0.5) is 5.69 Å². The van der Waals surface area contributed by atoms with Crippen molar-refractivity contribution in [3.05, 3.63) is 64.6 Å². The number of thiazole rings is 1. The molecular weight excluding hydrogens is 412 g/mol. The van der Waals surface area contributed by atoms with E-state index in [9.17, 15) is 9.59 Å². The van der Waals surface area contributed by atoms with Gasteiger partial charge in [0.25, 0.3) is 5.91 Å². The Hall–Kier alpha value is -2.90. The fourth-order valence-electron chi connectivity index (χ4n) is 2.41. The normalized spacial score (nSPS) is 11.6. The molecule has 0 radical (unpaired) electrons. The first kappa shape index (κ1) is 20.8. The van der Waals surface area contributed by atoms with E-state index in [1.54, 1.807) is 41.8 Å². The average Bonchev–Trinajstić information content (AvgIpc) is 3.20. The van der Waals surface area contributed by atoms with Crippen LogP contribution in [0.3, 0.4) is 0 Å². The maximum atomic E-state index is 12.3. The Morgan fingerprint density at radius 1 is 1.14 bits per heavy atom. The predicted octanol–water partition coefficient (Wildman–Crippen LogP) is 5.05. The smallest absolute Gasteiger partial charge is 0.358 e. The van der Waals surface area contributed by atoms with Crippen LogP contribution in [0.25, 0.3) is 10.6 Å². The molecule has 6 nitrogen and oxygen atoms in total. The van der Waals surface area contributed by atoms with Gasteiger partial charge in [0, 0.05) is 21.7 Å². The SMILES string of the molecule is CCOc1ccc(NC(=O)C(C)OC(=O)c2csc(-c3ccc(Cl)cc3)n2)cc1.